The number of methoxy groups -OCH3 is 1. The Balaban J connectivity index is 1.78. The third-order valence-corrected chi connectivity index (χ3v) is 3.56. The van der Waals surface area contributed by atoms with E-state index in [2.05, 4.69) is 20.6 Å². The maximum atomic E-state index is 6.10. The molecule has 0 bridgehead atoms. The highest BCUT2D eigenvalue weighted by Gasteiger charge is 2.05. The molecule has 0 aliphatic rings. The molecule has 3 rings (SSSR count). The van der Waals surface area contributed by atoms with E-state index in [0.29, 0.717) is 16.9 Å². The van der Waals surface area contributed by atoms with Crippen LogP contribution in [0.3, 0.4) is 0 Å². The molecule has 0 radical (unpaired) electrons. The molecule has 0 saturated carbocycles. The topological polar surface area (TPSA) is 59.1 Å². The van der Waals surface area contributed by atoms with Crippen LogP contribution < -0.4 is 15.4 Å². The van der Waals surface area contributed by atoms with Crippen LogP contribution in [0.2, 0.25) is 5.15 Å². The largest absolute Gasteiger partial charge is 0.497 e. The van der Waals surface area contributed by atoms with Gasteiger partial charge in [0, 0.05) is 17.4 Å². The second kappa shape index (κ2) is 7.19. The Morgan fingerprint density at radius 1 is 0.875 bits per heavy atom. The highest BCUT2D eigenvalue weighted by Crippen LogP contribution is 2.22. The summed E-state index contributed by atoms with van der Waals surface area (Å²) in [5.41, 5.74) is 2.98. The van der Waals surface area contributed by atoms with Crippen LogP contribution in [0.25, 0.3) is 0 Å². The molecule has 2 N–H and O–H groups in total. The average molecular weight is 341 g/mol. The molecule has 0 spiro atoms. The standard InChI is InChI=1S/C18H17ClN4O/c1-12-3-5-13(6-4-12)20-17-11-16(19)22-18(23-17)21-14-7-9-15(24-2)10-8-14/h3-11H,1-2H3,(H2,20,21,22,23). The lowest BCUT2D eigenvalue weighted by atomic mass is 10.2. The zero-order valence-corrected chi connectivity index (χ0v) is 14.1. The van der Waals surface area contributed by atoms with Gasteiger partial charge in [0.15, 0.2) is 0 Å². The number of rotatable bonds is 5. The van der Waals surface area contributed by atoms with Crippen molar-refractivity contribution < 1.29 is 4.74 Å². The van der Waals surface area contributed by atoms with E-state index in [1.54, 1.807) is 13.2 Å². The van der Waals surface area contributed by atoms with Crippen LogP contribution in [-0.2, 0) is 0 Å². The molecule has 5 nitrogen and oxygen atoms in total. The monoisotopic (exact) mass is 340 g/mol. The molecule has 6 heteroatoms. The second-order valence-electron chi connectivity index (χ2n) is 5.24. The lowest BCUT2D eigenvalue weighted by Gasteiger charge is -2.10. The van der Waals surface area contributed by atoms with Crippen molar-refractivity contribution in [1.29, 1.82) is 0 Å². The molecular weight excluding hydrogens is 324 g/mol. The highest BCUT2D eigenvalue weighted by molar-refractivity contribution is 6.29. The van der Waals surface area contributed by atoms with Crippen LogP contribution in [-0.4, -0.2) is 17.1 Å². The number of nitrogens with one attached hydrogen (secondary N) is 2. The molecule has 0 saturated heterocycles. The van der Waals surface area contributed by atoms with Gasteiger partial charge in [-0.15, -0.1) is 0 Å². The Kier molecular flexibility index (Phi) is 4.82. The Bertz CT molecular complexity index is 819. The van der Waals surface area contributed by atoms with Gasteiger partial charge in [-0.25, -0.2) is 4.98 Å². The molecule has 122 valence electrons. The first-order chi connectivity index (χ1) is 11.6. The summed E-state index contributed by atoms with van der Waals surface area (Å²) >= 11 is 6.10. The van der Waals surface area contributed by atoms with Crippen LogP contribution in [0.1, 0.15) is 5.56 Å². The van der Waals surface area contributed by atoms with Crippen molar-refractivity contribution in [2.24, 2.45) is 0 Å². The Hall–Kier alpha value is -2.79. The fourth-order valence-electron chi connectivity index (χ4n) is 2.13. The van der Waals surface area contributed by atoms with Crippen molar-refractivity contribution in [2.45, 2.75) is 6.92 Å². The minimum atomic E-state index is 0.357. The number of nitrogens with zero attached hydrogens (tertiary/aromatic N) is 2. The number of hydrogen-bond donors (Lipinski definition) is 2. The number of anilines is 4. The van der Waals surface area contributed by atoms with Crippen molar-refractivity contribution in [1.82, 2.24) is 9.97 Å². The van der Waals surface area contributed by atoms with Gasteiger partial charge < -0.3 is 15.4 Å². The van der Waals surface area contributed by atoms with Crippen molar-refractivity contribution in [3.8, 4) is 5.75 Å². The maximum Gasteiger partial charge on any atom is 0.230 e. The van der Waals surface area contributed by atoms with Gasteiger partial charge in [-0.3, -0.25) is 0 Å². The number of aromatic nitrogens is 2. The lowest BCUT2D eigenvalue weighted by Crippen LogP contribution is -2.01. The molecule has 0 amide bonds. The second-order valence-corrected chi connectivity index (χ2v) is 5.63. The molecule has 1 aromatic heterocycles. The average Bonchev–Trinajstić information content (AvgIpc) is 2.57. The summed E-state index contributed by atoms with van der Waals surface area (Å²) in [4.78, 5) is 8.64. The van der Waals surface area contributed by atoms with Gasteiger partial charge in [-0.1, -0.05) is 29.3 Å². The first-order valence-electron chi connectivity index (χ1n) is 7.42. The van der Waals surface area contributed by atoms with Gasteiger partial charge in [0.05, 0.1) is 7.11 Å². The van der Waals surface area contributed by atoms with E-state index in [9.17, 15) is 0 Å². The summed E-state index contributed by atoms with van der Waals surface area (Å²) in [6.07, 6.45) is 0. The van der Waals surface area contributed by atoms with Gasteiger partial charge >= 0.3 is 0 Å². The highest BCUT2D eigenvalue weighted by atomic mass is 35.5. The van der Waals surface area contributed by atoms with Gasteiger partial charge in [0.25, 0.3) is 0 Å². The predicted molar refractivity (Wildman–Crippen MR) is 97.8 cm³/mol. The first kappa shape index (κ1) is 16.1. The van der Waals surface area contributed by atoms with E-state index >= 15 is 0 Å². The van der Waals surface area contributed by atoms with Gasteiger partial charge in [-0.05, 0) is 43.3 Å². The van der Waals surface area contributed by atoms with Gasteiger partial charge in [0.1, 0.15) is 16.7 Å². The van der Waals surface area contributed by atoms with E-state index in [1.165, 1.54) is 5.56 Å². The number of halogens is 1. The summed E-state index contributed by atoms with van der Waals surface area (Å²) < 4.78 is 5.14. The summed E-state index contributed by atoms with van der Waals surface area (Å²) in [6.45, 7) is 2.04. The van der Waals surface area contributed by atoms with Crippen LogP contribution in [0.5, 0.6) is 5.75 Å². The quantitative estimate of drug-likeness (QED) is 0.644. The molecule has 0 atom stereocenters. The van der Waals surface area contributed by atoms with E-state index in [0.717, 1.165) is 17.1 Å². The number of ether oxygens (including phenoxy) is 1. The Morgan fingerprint density at radius 2 is 1.50 bits per heavy atom. The fourth-order valence-corrected chi connectivity index (χ4v) is 2.31. The molecule has 0 aliphatic carbocycles. The summed E-state index contributed by atoms with van der Waals surface area (Å²) in [5, 5.41) is 6.71. The first-order valence-corrected chi connectivity index (χ1v) is 7.79. The van der Waals surface area contributed by atoms with E-state index < -0.39 is 0 Å². The molecule has 0 unspecified atom stereocenters. The summed E-state index contributed by atoms with van der Waals surface area (Å²) in [7, 11) is 1.63. The van der Waals surface area contributed by atoms with Crippen molar-refractivity contribution in [2.75, 3.05) is 17.7 Å². The normalized spacial score (nSPS) is 10.3. The molecular formula is C18H17ClN4O. The van der Waals surface area contributed by atoms with Crippen molar-refractivity contribution >= 4 is 34.7 Å². The smallest absolute Gasteiger partial charge is 0.230 e. The predicted octanol–water partition coefficient (Wildman–Crippen LogP) is 4.93. The van der Waals surface area contributed by atoms with E-state index in [4.69, 9.17) is 16.3 Å². The summed E-state index contributed by atoms with van der Waals surface area (Å²) in [5.74, 6) is 1.83. The fraction of sp³-hybridized carbons (Fsp3) is 0.111. The minimum absolute atomic E-state index is 0.357. The third-order valence-electron chi connectivity index (χ3n) is 3.37. The zero-order chi connectivity index (χ0) is 16.9. The number of hydrogen-bond acceptors (Lipinski definition) is 5. The number of benzene rings is 2. The summed E-state index contributed by atoms with van der Waals surface area (Å²) in [6, 6.07) is 17.2. The van der Waals surface area contributed by atoms with Gasteiger partial charge in [0.2, 0.25) is 5.95 Å². The van der Waals surface area contributed by atoms with E-state index in [-0.39, 0.29) is 0 Å². The van der Waals surface area contributed by atoms with Gasteiger partial charge in [-0.2, -0.15) is 4.98 Å². The molecule has 0 fully saturated rings. The van der Waals surface area contributed by atoms with Crippen LogP contribution in [0.15, 0.2) is 54.6 Å². The number of aryl methyl sites for hydroxylation is 1. The molecule has 24 heavy (non-hydrogen) atoms. The van der Waals surface area contributed by atoms with Crippen molar-refractivity contribution in [3.05, 3.63) is 65.3 Å². The molecule has 3 aromatic rings. The molecule has 0 aliphatic heterocycles. The Labute approximate surface area is 145 Å². The molecule has 1 heterocycles. The van der Waals surface area contributed by atoms with E-state index in [1.807, 2.05) is 55.5 Å². The Morgan fingerprint density at radius 3 is 2.17 bits per heavy atom. The van der Waals surface area contributed by atoms with Crippen LogP contribution in [0, 0.1) is 6.92 Å². The third kappa shape index (κ3) is 4.14. The minimum Gasteiger partial charge on any atom is -0.497 e. The lowest BCUT2D eigenvalue weighted by molar-refractivity contribution is 0.415. The molecule has 2 aromatic carbocycles. The zero-order valence-electron chi connectivity index (χ0n) is 13.4. The van der Waals surface area contributed by atoms with Crippen LogP contribution >= 0.6 is 11.6 Å². The van der Waals surface area contributed by atoms with Crippen molar-refractivity contribution in [3.63, 3.8) is 0 Å². The van der Waals surface area contributed by atoms with Crippen LogP contribution in [0.4, 0.5) is 23.1 Å². The maximum absolute atomic E-state index is 6.10. The SMILES string of the molecule is COc1ccc(Nc2nc(Cl)cc(Nc3ccc(C)cc3)n2)cc1.